The fraction of sp³-hybridized carbons (Fsp3) is 0.292. The molecule has 3 aromatic rings. The summed E-state index contributed by atoms with van der Waals surface area (Å²) in [4.78, 5) is 4.68. The van der Waals surface area contributed by atoms with E-state index in [1.54, 1.807) is 0 Å². The molecule has 1 fully saturated rings. The summed E-state index contributed by atoms with van der Waals surface area (Å²) in [6.07, 6.45) is 3.78. The number of rotatable bonds is 5. The van der Waals surface area contributed by atoms with Crippen LogP contribution in [0.5, 0.6) is 5.75 Å². The number of hydrogen-bond acceptors (Lipinski definition) is 3. The number of halogens is 3. The number of aliphatic imine (C=N–C) groups is 1. The summed E-state index contributed by atoms with van der Waals surface area (Å²) >= 11 is 12.6. The Morgan fingerprint density at radius 1 is 1.03 bits per heavy atom. The highest BCUT2D eigenvalue weighted by molar-refractivity contribution is 6.42. The molecule has 1 aliphatic carbocycles. The van der Waals surface area contributed by atoms with Gasteiger partial charge in [0.2, 0.25) is 0 Å². The van der Waals surface area contributed by atoms with Gasteiger partial charge in [-0.2, -0.15) is 0 Å². The molecule has 3 nitrogen and oxygen atoms in total. The van der Waals surface area contributed by atoms with Gasteiger partial charge in [0.1, 0.15) is 11.6 Å². The van der Waals surface area contributed by atoms with E-state index >= 15 is 0 Å². The molecule has 6 heteroatoms. The van der Waals surface area contributed by atoms with Crippen LogP contribution >= 0.6 is 35.6 Å². The maximum atomic E-state index is 6.52. The lowest BCUT2D eigenvalue weighted by atomic mass is 9.86. The van der Waals surface area contributed by atoms with Crippen LogP contribution in [0.15, 0.2) is 53.5 Å². The van der Waals surface area contributed by atoms with Gasteiger partial charge in [-0.1, -0.05) is 60.0 Å². The Morgan fingerprint density at radius 2 is 1.87 bits per heavy atom. The molecular weight excluding hydrogens is 439 g/mol. The second kappa shape index (κ2) is 9.05. The van der Waals surface area contributed by atoms with E-state index < -0.39 is 0 Å². The van der Waals surface area contributed by atoms with E-state index in [0.29, 0.717) is 16.0 Å². The van der Waals surface area contributed by atoms with Crippen molar-refractivity contribution in [2.24, 2.45) is 10.9 Å². The van der Waals surface area contributed by atoms with Crippen molar-refractivity contribution < 1.29 is 4.74 Å². The van der Waals surface area contributed by atoms with Gasteiger partial charge in [0.05, 0.1) is 28.8 Å². The van der Waals surface area contributed by atoms with Crippen LogP contribution in [-0.4, -0.2) is 25.5 Å². The Morgan fingerprint density at radius 3 is 2.57 bits per heavy atom. The Balaban J connectivity index is 0.00000218. The monoisotopic (exact) mass is 460 g/mol. The standard InChI is InChI=1S/C24H22Cl2N2O.ClH/c25-20-9-8-17(13-21(20)26)22-18-7-2-1-6-16(18)12-19(24-27-10-11-28-24)23(22)29-14-15-4-3-5-15;/h1-2,6-9,12-13,15H,3-5,10-11,14H2,(H,27,28);1H. The van der Waals surface area contributed by atoms with Gasteiger partial charge < -0.3 is 10.1 Å². The maximum Gasteiger partial charge on any atom is 0.138 e. The lowest BCUT2D eigenvalue weighted by molar-refractivity contribution is 0.181. The quantitative estimate of drug-likeness (QED) is 0.455. The molecule has 3 aromatic carbocycles. The van der Waals surface area contributed by atoms with E-state index in [2.05, 4.69) is 40.6 Å². The van der Waals surface area contributed by atoms with Crippen LogP contribution in [-0.2, 0) is 0 Å². The molecule has 0 amide bonds. The van der Waals surface area contributed by atoms with Crippen LogP contribution in [0.2, 0.25) is 10.0 Å². The van der Waals surface area contributed by atoms with Crippen LogP contribution in [0.4, 0.5) is 0 Å². The highest BCUT2D eigenvalue weighted by Crippen LogP contribution is 2.42. The molecule has 0 atom stereocenters. The van der Waals surface area contributed by atoms with Crippen molar-refractivity contribution in [2.75, 3.05) is 19.7 Å². The fourth-order valence-electron chi connectivity index (χ4n) is 4.03. The van der Waals surface area contributed by atoms with E-state index in [0.717, 1.165) is 58.7 Å². The van der Waals surface area contributed by atoms with Crippen molar-refractivity contribution >= 4 is 52.2 Å². The molecule has 1 heterocycles. The Kier molecular flexibility index (Phi) is 6.43. The average molecular weight is 462 g/mol. The topological polar surface area (TPSA) is 33.6 Å². The summed E-state index contributed by atoms with van der Waals surface area (Å²) in [5.41, 5.74) is 3.06. The van der Waals surface area contributed by atoms with Gasteiger partial charge >= 0.3 is 0 Å². The van der Waals surface area contributed by atoms with Crippen molar-refractivity contribution in [1.29, 1.82) is 0 Å². The van der Waals surface area contributed by atoms with Crippen molar-refractivity contribution in [3.8, 4) is 16.9 Å². The molecule has 0 unspecified atom stereocenters. The van der Waals surface area contributed by atoms with E-state index in [1.165, 1.54) is 19.3 Å². The molecule has 1 saturated carbocycles. The fourth-order valence-corrected chi connectivity index (χ4v) is 4.33. The lowest BCUT2D eigenvalue weighted by Gasteiger charge is -2.27. The molecule has 2 aliphatic rings. The van der Waals surface area contributed by atoms with Crippen LogP contribution in [0, 0.1) is 5.92 Å². The molecule has 0 saturated heterocycles. The highest BCUT2D eigenvalue weighted by Gasteiger charge is 2.24. The first kappa shape index (κ1) is 21.3. The summed E-state index contributed by atoms with van der Waals surface area (Å²) in [5.74, 6) is 2.41. The number of benzene rings is 3. The van der Waals surface area contributed by atoms with Crippen LogP contribution in [0.1, 0.15) is 24.8 Å². The predicted octanol–water partition coefficient (Wildman–Crippen LogP) is 6.76. The Bertz CT molecular complexity index is 1110. The van der Waals surface area contributed by atoms with Crippen LogP contribution in [0.3, 0.4) is 0 Å². The number of ether oxygens (including phenoxy) is 1. The van der Waals surface area contributed by atoms with Crippen LogP contribution < -0.4 is 10.1 Å². The molecule has 0 bridgehead atoms. The van der Waals surface area contributed by atoms with Gasteiger partial charge in [-0.05, 0) is 53.3 Å². The third kappa shape index (κ3) is 3.99. The minimum Gasteiger partial charge on any atom is -0.492 e. The Hall–Kier alpha value is -1.94. The van der Waals surface area contributed by atoms with Gasteiger partial charge in [0, 0.05) is 12.1 Å². The predicted molar refractivity (Wildman–Crippen MR) is 129 cm³/mol. The molecule has 1 N–H and O–H groups in total. The average Bonchev–Trinajstić information content (AvgIpc) is 3.23. The van der Waals surface area contributed by atoms with Crippen molar-refractivity contribution in [3.63, 3.8) is 0 Å². The molecular formula is C24H23Cl3N2O. The zero-order chi connectivity index (χ0) is 19.8. The normalized spacial score (nSPS) is 15.9. The van der Waals surface area contributed by atoms with Gasteiger partial charge in [0.25, 0.3) is 0 Å². The molecule has 1 aliphatic heterocycles. The first-order valence-electron chi connectivity index (χ1n) is 10.1. The summed E-state index contributed by atoms with van der Waals surface area (Å²) in [7, 11) is 0. The molecule has 0 aromatic heterocycles. The zero-order valence-electron chi connectivity index (χ0n) is 16.5. The number of nitrogens with zero attached hydrogens (tertiary/aromatic N) is 1. The molecule has 30 heavy (non-hydrogen) atoms. The number of fused-ring (bicyclic) bond motifs is 1. The SMILES string of the molecule is Cl.Clc1ccc(-c2c(OCC3CCC3)c(C3=NCCN3)cc3ccccc23)cc1Cl. The minimum atomic E-state index is 0. The van der Waals surface area contributed by atoms with E-state index in [1.807, 2.05) is 18.2 Å². The van der Waals surface area contributed by atoms with E-state index in [4.69, 9.17) is 27.9 Å². The number of nitrogens with one attached hydrogen (secondary N) is 1. The van der Waals surface area contributed by atoms with E-state index in [-0.39, 0.29) is 12.4 Å². The smallest absolute Gasteiger partial charge is 0.138 e. The number of amidine groups is 1. The van der Waals surface area contributed by atoms with E-state index in [9.17, 15) is 0 Å². The minimum absolute atomic E-state index is 0. The Labute approximate surface area is 192 Å². The highest BCUT2D eigenvalue weighted by atomic mass is 35.5. The summed E-state index contributed by atoms with van der Waals surface area (Å²) in [5, 5.41) is 6.79. The van der Waals surface area contributed by atoms with Crippen molar-refractivity contribution in [3.05, 3.63) is 64.1 Å². The first-order chi connectivity index (χ1) is 14.2. The van der Waals surface area contributed by atoms with Crippen molar-refractivity contribution in [1.82, 2.24) is 5.32 Å². The molecule has 0 radical (unpaired) electrons. The largest absolute Gasteiger partial charge is 0.492 e. The second-order valence-corrected chi connectivity index (χ2v) is 8.56. The summed E-state index contributed by atoms with van der Waals surface area (Å²) in [6, 6.07) is 16.4. The number of hydrogen-bond donors (Lipinski definition) is 1. The van der Waals surface area contributed by atoms with Gasteiger partial charge in [-0.3, -0.25) is 4.99 Å². The third-order valence-electron chi connectivity index (χ3n) is 5.83. The third-order valence-corrected chi connectivity index (χ3v) is 6.57. The second-order valence-electron chi connectivity index (χ2n) is 7.74. The van der Waals surface area contributed by atoms with Crippen molar-refractivity contribution in [2.45, 2.75) is 19.3 Å². The van der Waals surface area contributed by atoms with Gasteiger partial charge in [-0.15, -0.1) is 12.4 Å². The van der Waals surface area contributed by atoms with Crippen LogP contribution in [0.25, 0.3) is 21.9 Å². The van der Waals surface area contributed by atoms with Gasteiger partial charge in [-0.25, -0.2) is 0 Å². The first-order valence-corrected chi connectivity index (χ1v) is 10.9. The van der Waals surface area contributed by atoms with Gasteiger partial charge in [0.15, 0.2) is 0 Å². The summed E-state index contributed by atoms with van der Waals surface area (Å²) < 4.78 is 6.52. The molecule has 0 spiro atoms. The zero-order valence-corrected chi connectivity index (χ0v) is 18.8. The lowest BCUT2D eigenvalue weighted by Crippen LogP contribution is -2.23. The molecule has 5 rings (SSSR count). The maximum absolute atomic E-state index is 6.52. The molecule has 156 valence electrons. The summed E-state index contributed by atoms with van der Waals surface area (Å²) in [6.45, 7) is 2.37.